The molecule has 0 bridgehead atoms. The molecule has 1 saturated carbocycles. The van der Waals surface area contributed by atoms with Gasteiger partial charge in [-0.05, 0) is 19.4 Å². The summed E-state index contributed by atoms with van der Waals surface area (Å²) >= 11 is 0. The van der Waals surface area contributed by atoms with E-state index in [0.717, 1.165) is 18.5 Å². The van der Waals surface area contributed by atoms with E-state index in [9.17, 15) is 0 Å². The Labute approximate surface area is 57.4 Å². The minimum Gasteiger partial charge on any atom is -0.300 e. The quantitative estimate of drug-likeness (QED) is 0.517. The smallest absolute Gasteiger partial charge is 0.0160 e. The van der Waals surface area contributed by atoms with Crippen LogP contribution in [-0.2, 0) is 0 Å². The van der Waals surface area contributed by atoms with Crippen LogP contribution in [0.3, 0.4) is 0 Å². The molecule has 2 atom stereocenters. The summed E-state index contributed by atoms with van der Waals surface area (Å²) in [5.74, 6) is 0.926. The van der Waals surface area contributed by atoms with Gasteiger partial charge in [0.15, 0.2) is 0 Å². The fraction of sp³-hybridized carbons (Fsp3) is 0.750. The van der Waals surface area contributed by atoms with Crippen LogP contribution >= 0.6 is 0 Å². The third-order valence-corrected chi connectivity index (χ3v) is 2.05. The maximum atomic E-state index is 3.69. The highest BCUT2D eigenvalue weighted by Gasteiger charge is 2.35. The highest BCUT2D eigenvalue weighted by Crippen LogP contribution is 2.33. The zero-order valence-electron chi connectivity index (χ0n) is 6.30. The largest absolute Gasteiger partial charge is 0.300 e. The molecule has 0 aliphatic heterocycles. The van der Waals surface area contributed by atoms with Crippen molar-refractivity contribution in [2.24, 2.45) is 5.92 Å². The zero-order valence-corrected chi connectivity index (χ0v) is 6.30. The third kappa shape index (κ3) is 1.55. The molecule has 0 radical (unpaired) electrons. The van der Waals surface area contributed by atoms with E-state index in [1.54, 1.807) is 0 Å². The molecule has 1 aliphatic carbocycles. The highest BCUT2D eigenvalue weighted by molar-refractivity contribution is 4.92. The molecule has 0 amide bonds. The summed E-state index contributed by atoms with van der Waals surface area (Å²) in [5, 5.41) is 0. The van der Waals surface area contributed by atoms with Crippen LogP contribution < -0.4 is 0 Å². The van der Waals surface area contributed by atoms with E-state index in [0.29, 0.717) is 0 Å². The van der Waals surface area contributed by atoms with Crippen molar-refractivity contribution in [3.63, 3.8) is 0 Å². The number of hydrogen-bond donors (Lipinski definition) is 0. The van der Waals surface area contributed by atoms with Gasteiger partial charge in [-0.2, -0.15) is 0 Å². The van der Waals surface area contributed by atoms with Gasteiger partial charge in [0.05, 0.1) is 0 Å². The Morgan fingerprint density at radius 2 is 2.33 bits per heavy atom. The standard InChI is InChI=1S/C8H15N/c1-4-5-9(3)8-6-7(8)2/h4,7-8H,1,5-6H2,2-3H3. The highest BCUT2D eigenvalue weighted by atomic mass is 15.2. The van der Waals surface area contributed by atoms with E-state index in [2.05, 4.69) is 25.5 Å². The molecule has 0 aromatic carbocycles. The van der Waals surface area contributed by atoms with Gasteiger partial charge in [0, 0.05) is 12.6 Å². The molecule has 0 N–H and O–H groups in total. The summed E-state index contributed by atoms with van der Waals surface area (Å²) < 4.78 is 0. The molecule has 52 valence electrons. The van der Waals surface area contributed by atoms with Crippen molar-refractivity contribution in [3.05, 3.63) is 12.7 Å². The number of likely N-dealkylation sites (N-methyl/N-ethyl adjacent to an activating group) is 1. The van der Waals surface area contributed by atoms with Crippen molar-refractivity contribution in [1.29, 1.82) is 0 Å². The molecule has 1 rings (SSSR count). The molecule has 0 spiro atoms. The van der Waals surface area contributed by atoms with Gasteiger partial charge in [0.25, 0.3) is 0 Å². The minimum absolute atomic E-state index is 0.850. The molecule has 1 fully saturated rings. The van der Waals surface area contributed by atoms with Gasteiger partial charge < -0.3 is 0 Å². The van der Waals surface area contributed by atoms with Crippen LogP contribution in [0.2, 0.25) is 0 Å². The van der Waals surface area contributed by atoms with E-state index in [1.165, 1.54) is 6.42 Å². The first-order valence-corrected chi connectivity index (χ1v) is 3.57. The second-order valence-electron chi connectivity index (χ2n) is 3.01. The molecule has 0 aromatic heterocycles. The second-order valence-corrected chi connectivity index (χ2v) is 3.01. The van der Waals surface area contributed by atoms with Crippen molar-refractivity contribution >= 4 is 0 Å². The molecule has 2 unspecified atom stereocenters. The topological polar surface area (TPSA) is 3.24 Å². The van der Waals surface area contributed by atoms with Crippen LogP contribution in [0.1, 0.15) is 13.3 Å². The first-order valence-electron chi connectivity index (χ1n) is 3.57. The minimum atomic E-state index is 0.850. The molecule has 0 aromatic rings. The lowest BCUT2D eigenvalue weighted by Gasteiger charge is -2.12. The summed E-state index contributed by atoms with van der Waals surface area (Å²) in [6.07, 6.45) is 3.34. The molecule has 0 heterocycles. The van der Waals surface area contributed by atoms with Gasteiger partial charge in [0.2, 0.25) is 0 Å². The lowest BCUT2D eigenvalue weighted by molar-refractivity contribution is 0.346. The Morgan fingerprint density at radius 1 is 1.78 bits per heavy atom. The van der Waals surface area contributed by atoms with Gasteiger partial charge in [-0.15, -0.1) is 6.58 Å². The molecule has 9 heavy (non-hydrogen) atoms. The maximum Gasteiger partial charge on any atom is 0.0160 e. The van der Waals surface area contributed by atoms with Crippen molar-refractivity contribution < 1.29 is 0 Å². The van der Waals surface area contributed by atoms with Crippen molar-refractivity contribution in [2.45, 2.75) is 19.4 Å². The number of hydrogen-bond acceptors (Lipinski definition) is 1. The fourth-order valence-electron chi connectivity index (χ4n) is 1.26. The van der Waals surface area contributed by atoms with Crippen LogP contribution in [0, 0.1) is 5.92 Å². The Balaban J connectivity index is 2.18. The molecular formula is C8H15N. The summed E-state index contributed by atoms with van der Waals surface area (Å²) in [7, 11) is 2.16. The van der Waals surface area contributed by atoms with Crippen LogP contribution in [0.5, 0.6) is 0 Å². The monoisotopic (exact) mass is 125 g/mol. The Hall–Kier alpha value is -0.300. The maximum absolute atomic E-state index is 3.69. The predicted octanol–water partition coefficient (Wildman–Crippen LogP) is 1.51. The van der Waals surface area contributed by atoms with Gasteiger partial charge in [-0.3, -0.25) is 4.90 Å². The number of nitrogens with zero attached hydrogens (tertiary/aromatic N) is 1. The first-order chi connectivity index (χ1) is 4.25. The van der Waals surface area contributed by atoms with Crippen molar-refractivity contribution in [1.82, 2.24) is 4.90 Å². The van der Waals surface area contributed by atoms with Crippen LogP contribution in [0.15, 0.2) is 12.7 Å². The summed E-state index contributed by atoms with van der Waals surface area (Å²) in [4.78, 5) is 2.36. The molecule has 0 saturated heterocycles. The van der Waals surface area contributed by atoms with Crippen molar-refractivity contribution in [2.75, 3.05) is 13.6 Å². The molecule has 1 heteroatoms. The average Bonchev–Trinajstić information content (AvgIpc) is 2.47. The lowest BCUT2D eigenvalue weighted by atomic mass is 10.4. The average molecular weight is 125 g/mol. The van der Waals surface area contributed by atoms with Gasteiger partial charge in [0.1, 0.15) is 0 Å². The Kier molecular flexibility index (Phi) is 1.91. The Morgan fingerprint density at radius 3 is 2.67 bits per heavy atom. The van der Waals surface area contributed by atoms with Crippen LogP contribution in [0.25, 0.3) is 0 Å². The van der Waals surface area contributed by atoms with E-state index in [1.807, 2.05) is 6.08 Å². The summed E-state index contributed by atoms with van der Waals surface area (Å²) in [5.41, 5.74) is 0. The van der Waals surface area contributed by atoms with E-state index in [-0.39, 0.29) is 0 Å². The molecule has 1 aliphatic rings. The number of rotatable bonds is 3. The Bertz CT molecular complexity index is 109. The van der Waals surface area contributed by atoms with E-state index < -0.39 is 0 Å². The summed E-state index contributed by atoms with van der Waals surface area (Å²) in [6.45, 7) is 7.03. The van der Waals surface area contributed by atoms with E-state index >= 15 is 0 Å². The van der Waals surface area contributed by atoms with Gasteiger partial charge >= 0.3 is 0 Å². The van der Waals surface area contributed by atoms with Crippen LogP contribution in [-0.4, -0.2) is 24.5 Å². The fourth-order valence-corrected chi connectivity index (χ4v) is 1.26. The predicted molar refractivity (Wildman–Crippen MR) is 40.4 cm³/mol. The van der Waals surface area contributed by atoms with Gasteiger partial charge in [-0.1, -0.05) is 13.0 Å². The van der Waals surface area contributed by atoms with Crippen LogP contribution in [0.4, 0.5) is 0 Å². The first kappa shape index (κ1) is 6.81. The van der Waals surface area contributed by atoms with E-state index in [4.69, 9.17) is 0 Å². The summed E-state index contributed by atoms with van der Waals surface area (Å²) in [6, 6.07) is 0.850. The normalized spacial score (nSPS) is 32.8. The van der Waals surface area contributed by atoms with Gasteiger partial charge in [-0.25, -0.2) is 0 Å². The molecule has 1 nitrogen and oxygen atoms in total. The van der Waals surface area contributed by atoms with Crippen molar-refractivity contribution in [3.8, 4) is 0 Å². The zero-order chi connectivity index (χ0) is 6.85. The second kappa shape index (κ2) is 2.53. The third-order valence-electron chi connectivity index (χ3n) is 2.05. The molecular weight excluding hydrogens is 110 g/mol. The SMILES string of the molecule is C=CCN(C)C1CC1C. The lowest BCUT2D eigenvalue weighted by Crippen LogP contribution is -2.21.